The normalized spacial score (nSPS) is 19.7. The van der Waals surface area contributed by atoms with E-state index < -0.39 is 0 Å². The first kappa shape index (κ1) is 11.7. The van der Waals surface area contributed by atoms with Gasteiger partial charge in [-0.3, -0.25) is 0 Å². The molecule has 0 spiro atoms. The summed E-state index contributed by atoms with van der Waals surface area (Å²) in [5.74, 6) is 0. The van der Waals surface area contributed by atoms with E-state index in [1.165, 1.54) is 48.8 Å². The molecule has 1 aliphatic rings. The highest BCUT2D eigenvalue weighted by Gasteiger charge is 2.32. The maximum absolute atomic E-state index is 3.59. The van der Waals surface area contributed by atoms with Crippen LogP contribution in [0.3, 0.4) is 0 Å². The molecule has 88 valence electrons. The highest BCUT2D eigenvalue weighted by molar-refractivity contribution is 5.34. The van der Waals surface area contributed by atoms with Crippen LogP contribution >= 0.6 is 0 Å². The second-order valence-corrected chi connectivity index (χ2v) is 5.27. The summed E-state index contributed by atoms with van der Waals surface area (Å²) >= 11 is 0. The second kappa shape index (κ2) is 4.58. The van der Waals surface area contributed by atoms with Crippen LogP contribution in [0.15, 0.2) is 18.2 Å². The summed E-state index contributed by atoms with van der Waals surface area (Å²) < 4.78 is 0. The molecule has 1 aliphatic carbocycles. The summed E-state index contributed by atoms with van der Waals surface area (Å²) in [7, 11) is 2.11. The monoisotopic (exact) mass is 217 g/mol. The molecule has 1 nitrogen and oxygen atoms in total. The van der Waals surface area contributed by atoms with Crippen molar-refractivity contribution in [1.82, 2.24) is 5.32 Å². The van der Waals surface area contributed by atoms with Crippen LogP contribution in [0.4, 0.5) is 0 Å². The molecule has 1 N–H and O–H groups in total. The molecule has 0 aromatic heterocycles. The van der Waals surface area contributed by atoms with Gasteiger partial charge in [0, 0.05) is 5.54 Å². The van der Waals surface area contributed by atoms with Crippen LogP contribution < -0.4 is 5.32 Å². The Kier molecular flexibility index (Phi) is 3.34. The average molecular weight is 217 g/mol. The fraction of sp³-hybridized carbons (Fsp3) is 0.600. The number of nitrogens with one attached hydrogen (secondary N) is 1. The second-order valence-electron chi connectivity index (χ2n) is 5.27. The smallest absolute Gasteiger partial charge is 0.0432 e. The average Bonchev–Trinajstić information content (AvgIpc) is 2.28. The highest BCUT2D eigenvalue weighted by atomic mass is 14.9. The van der Waals surface area contributed by atoms with Crippen molar-refractivity contribution in [3.63, 3.8) is 0 Å². The Morgan fingerprint density at radius 1 is 0.938 bits per heavy atom. The van der Waals surface area contributed by atoms with E-state index in [0.29, 0.717) is 0 Å². The number of hydrogen-bond acceptors (Lipinski definition) is 1. The SMILES string of the molecule is CNC1(c2cc(C)cc(C)c2)CCCCC1. The molecule has 1 heteroatoms. The van der Waals surface area contributed by atoms with Gasteiger partial charge >= 0.3 is 0 Å². The summed E-state index contributed by atoms with van der Waals surface area (Å²) in [6.45, 7) is 4.39. The van der Waals surface area contributed by atoms with Gasteiger partial charge in [0.1, 0.15) is 0 Å². The lowest BCUT2D eigenvalue weighted by Gasteiger charge is -2.38. The fourth-order valence-corrected chi connectivity index (χ4v) is 3.09. The summed E-state index contributed by atoms with van der Waals surface area (Å²) in [4.78, 5) is 0. The van der Waals surface area contributed by atoms with E-state index in [9.17, 15) is 0 Å². The minimum atomic E-state index is 0.245. The molecule has 2 rings (SSSR count). The summed E-state index contributed by atoms with van der Waals surface area (Å²) in [6, 6.07) is 6.97. The Morgan fingerprint density at radius 3 is 2.00 bits per heavy atom. The molecule has 0 saturated heterocycles. The summed E-state index contributed by atoms with van der Waals surface area (Å²) in [6.07, 6.45) is 6.68. The Balaban J connectivity index is 2.38. The van der Waals surface area contributed by atoms with Gasteiger partial charge in [0.15, 0.2) is 0 Å². The van der Waals surface area contributed by atoms with Gasteiger partial charge in [-0.15, -0.1) is 0 Å². The van der Waals surface area contributed by atoms with Gasteiger partial charge in [0.2, 0.25) is 0 Å². The third-order valence-electron chi connectivity index (χ3n) is 3.96. The van der Waals surface area contributed by atoms with E-state index in [1.807, 2.05) is 0 Å². The van der Waals surface area contributed by atoms with Gasteiger partial charge in [-0.25, -0.2) is 0 Å². The van der Waals surface area contributed by atoms with Crippen LogP contribution in [0.5, 0.6) is 0 Å². The van der Waals surface area contributed by atoms with E-state index >= 15 is 0 Å². The van der Waals surface area contributed by atoms with Gasteiger partial charge in [-0.05, 0) is 39.3 Å². The van der Waals surface area contributed by atoms with Crippen molar-refractivity contribution >= 4 is 0 Å². The van der Waals surface area contributed by atoms with E-state index in [1.54, 1.807) is 0 Å². The Labute approximate surface area is 99.3 Å². The van der Waals surface area contributed by atoms with Gasteiger partial charge in [-0.1, -0.05) is 48.6 Å². The molecular formula is C15H23N. The third-order valence-corrected chi connectivity index (χ3v) is 3.96. The predicted molar refractivity (Wildman–Crippen MR) is 69.7 cm³/mol. The molecular weight excluding hydrogens is 194 g/mol. The van der Waals surface area contributed by atoms with Crippen LogP contribution in [0, 0.1) is 13.8 Å². The predicted octanol–water partition coefficient (Wildman–Crippen LogP) is 3.68. The molecule has 1 aromatic carbocycles. The minimum Gasteiger partial charge on any atom is -0.310 e. The number of aryl methyl sites for hydroxylation is 2. The molecule has 1 saturated carbocycles. The Morgan fingerprint density at radius 2 is 1.50 bits per heavy atom. The molecule has 0 atom stereocenters. The molecule has 0 radical (unpaired) electrons. The van der Waals surface area contributed by atoms with Crippen LogP contribution in [-0.4, -0.2) is 7.05 Å². The topological polar surface area (TPSA) is 12.0 Å². The molecule has 0 bridgehead atoms. The highest BCUT2D eigenvalue weighted by Crippen LogP contribution is 2.37. The number of benzene rings is 1. The summed E-state index contributed by atoms with van der Waals surface area (Å²) in [5.41, 5.74) is 4.51. The van der Waals surface area contributed by atoms with Crippen molar-refractivity contribution in [3.05, 3.63) is 34.9 Å². The number of rotatable bonds is 2. The third kappa shape index (κ3) is 2.15. The zero-order chi connectivity index (χ0) is 11.6. The van der Waals surface area contributed by atoms with Crippen molar-refractivity contribution < 1.29 is 0 Å². The van der Waals surface area contributed by atoms with Gasteiger partial charge < -0.3 is 5.32 Å². The maximum Gasteiger partial charge on any atom is 0.0432 e. The largest absolute Gasteiger partial charge is 0.310 e. The lowest BCUT2D eigenvalue weighted by molar-refractivity contribution is 0.250. The molecule has 0 amide bonds. The quantitative estimate of drug-likeness (QED) is 0.797. The molecule has 16 heavy (non-hydrogen) atoms. The minimum absolute atomic E-state index is 0.245. The van der Waals surface area contributed by atoms with E-state index in [0.717, 1.165) is 0 Å². The zero-order valence-electron chi connectivity index (χ0n) is 10.8. The molecule has 0 unspecified atom stereocenters. The maximum atomic E-state index is 3.59. The van der Waals surface area contributed by atoms with Gasteiger partial charge in [0.25, 0.3) is 0 Å². The first-order valence-electron chi connectivity index (χ1n) is 6.44. The van der Waals surface area contributed by atoms with Gasteiger partial charge in [-0.2, -0.15) is 0 Å². The zero-order valence-corrected chi connectivity index (χ0v) is 10.8. The lowest BCUT2D eigenvalue weighted by atomic mass is 9.76. The standard InChI is InChI=1S/C15H23N/c1-12-9-13(2)11-14(10-12)15(16-3)7-5-4-6-8-15/h9-11,16H,4-8H2,1-3H3. The van der Waals surface area contributed by atoms with E-state index in [4.69, 9.17) is 0 Å². The van der Waals surface area contributed by atoms with Crippen LogP contribution in [0.25, 0.3) is 0 Å². The van der Waals surface area contributed by atoms with E-state index in [-0.39, 0.29) is 5.54 Å². The first-order chi connectivity index (χ1) is 7.66. The number of hydrogen-bond donors (Lipinski definition) is 1. The Hall–Kier alpha value is -0.820. The van der Waals surface area contributed by atoms with Crippen LogP contribution in [0.2, 0.25) is 0 Å². The molecule has 1 fully saturated rings. The van der Waals surface area contributed by atoms with E-state index in [2.05, 4.69) is 44.4 Å². The fourth-order valence-electron chi connectivity index (χ4n) is 3.09. The van der Waals surface area contributed by atoms with Crippen LogP contribution in [-0.2, 0) is 5.54 Å². The Bertz CT molecular complexity index is 341. The molecule has 0 heterocycles. The molecule has 1 aromatic rings. The van der Waals surface area contributed by atoms with Crippen molar-refractivity contribution in [3.8, 4) is 0 Å². The lowest BCUT2D eigenvalue weighted by Crippen LogP contribution is -2.41. The van der Waals surface area contributed by atoms with Crippen LogP contribution in [0.1, 0.15) is 48.8 Å². The van der Waals surface area contributed by atoms with Crippen molar-refractivity contribution in [1.29, 1.82) is 0 Å². The van der Waals surface area contributed by atoms with Gasteiger partial charge in [0.05, 0.1) is 0 Å². The molecule has 0 aliphatic heterocycles. The van der Waals surface area contributed by atoms with Crippen molar-refractivity contribution in [2.24, 2.45) is 0 Å². The first-order valence-corrected chi connectivity index (χ1v) is 6.44. The van der Waals surface area contributed by atoms with Crippen molar-refractivity contribution in [2.45, 2.75) is 51.5 Å². The van der Waals surface area contributed by atoms with Crippen molar-refractivity contribution in [2.75, 3.05) is 7.05 Å². The summed E-state index contributed by atoms with van der Waals surface area (Å²) in [5, 5.41) is 3.59.